The van der Waals surface area contributed by atoms with Gasteiger partial charge in [-0.25, -0.2) is 0 Å². The molecule has 0 heterocycles. The molecule has 40 heavy (non-hydrogen) atoms. The van der Waals surface area contributed by atoms with Crippen LogP contribution in [0.25, 0.3) is 6.08 Å². The largest absolute Gasteiger partial charge is 0.325 e. The number of aryl methyl sites for hydroxylation is 2. The van der Waals surface area contributed by atoms with Gasteiger partial charge in [0, 0.05) is 26.9 Å². The summed E-state index contributed by atoms with van der Waals surface area (Å²) in [5, 5.41) is 8.98. The average Bonchev–Trinajstić information content (AvgIpc) is 2.95. The highest BCUT2D eigenvalue weighted by molar-refractivity contribution is 8.00. The molecule has 0 unspecified atom stereocenters. The summed E-state index contributed by atoms with van der Waals surface area (Å²) in [4.78, 5) is 39.6. The number of para-hydroxylation sites is 1. The van der Waals surface area contributed by atoms with E-state index in [-0.39, 0.29) is 17.4 Å². The molecule has 6 nitrogen and oxygen atoms in total. The van der Waals surface area contributed by atoms with Crippen LogP contribution in [0.2, 0.25) is 5.02 Å². The lowest BCUT2D eigenvalue weighted by Gasteiger charge is -2.13. The van der Waals surface area contributed by atoms with Gasteiger partial charge in [0.1, 0.15) is 5.70 Å². The summed E-state index contributed by atoms with van der Waals surface area (Å²) in [5.74, 6) is -0.853. The van der Waals surface area contributed by atoms with Crippen LogP contribution in [-0.4, -0.2) is 23.5 Å². The topological polar surface area (TPSA) is 87.3 Å². The second-order valence-electron chi connectivity index (χ2n) is 8.99. The van der Waals surface area contributed by atoms with E-state index in [0.29, 0.717) is 21.8 Å². The molecule has 0 saturated carbocycles. The second kappa shape index (κ2) is 13.6. The zero-order valence-corrected chi connectivity index (χ0v) is 23.6. The molecule has 0 bridgehead atoms. The van der Waals surface area contributed by atoms with Gasteiger partial charge >= 0.3 is 0 Å². The van der Waals surface area contributed by atoms with Crippen LogP contribution in [0.15, 0.2) is 108 Å². The lowest BCUT2D eigenvalue weighted by Crippen LogP contribution is -2.30. The number of rotatable bonds is 9. The maximum atomic E-state index is 13.3. The molecule has 0 saturated heterocycles. The van der Waals surface area contributed by atoms with Crippen LogP contribution < -0.4 is 16.0 Å². The van der Waals surface area contributed by atoms with Gasteiger partial charge in [-0.3, -0.25) is 14.4 Å². The highest BCUT2D eigenvalue weighted by Crippen LogP contribution is 2.24. The quantitative estimate of drug-likeness (QED) is 0.148. The number of halogens is 1. The zero-order valence-electron chi connectivity index (χ0n) is 22.0. The molecular formula is C32H28ClN3O3S. The Labute approximate surface area is 242 Å². The maximum Gasteiger partial charge on any atom is 0.272 e. The summed E-state index contributed by atoms with van der Waals surface area (Å²) in [6.45, 7) is 3.91. The maximum absolute atomic E-state index is 13.3. The Morgan fingerprint density at radius 1 is 0.800 bits per heavy atom. The molecule has 0 aliphatic rings. The van der Waals surface area contributed by atoms with Gasteiger partial charge < -0.3 is 16.0 Å². The highest BCUT2D eigenvalue weighted by Gasteiger charge is 2.16. The number of thioether (sulfide) groups is 1. The first-order valence-electron chi connectivity index (χ1n) is 12.5. The molecule has 4 aromatic rings. The van der Waals surface area contributed by atoms with Crippen LogP contribution in [0.4, 0.5) is 11.4 Å². The first-order chi connectivity index (χ1) is 19.3. The molecule has 3 N–H and O–H groups in total. The smallest absolute Gasteiger partial charge is 0.272 e. The molecule has 8 heteroatoms. The number of anilines is 2. The molecule has 0 aliphatic carbocycles. The zero-order chi connectivity index (χ0) is 28.5. The fraction of sp³-hybridized carbons (Fsp3) is 0.0938. The number of carbonyl (C=O) groups is 3. The molecule has 202 valence electrons. The number of benzene rings is 4. The third-order valence-electron chi connectivity index (χ3n) is 5.94. The normalized spacial score (nSPS) is 11.0. The van der Waals surface area contributed by atoms with Crippen molar-refractivity contribution in [3.05, 3.63) is 130 Å². The highest BCUT2D eigenvalue weighted by atomic mass is 35.5. The monoisotopic (exact) mass is 569 g/mol. The predicted molar refractivity (Wildman–Crippen MR) is 164 cm³/mol. The standard InChI is InChI=1S/C32H28ClN3O3S/c1-21-10-8-11-22(2)30(21)36-29(37)20-40-26-16-9-15-25(19-26)34-32(39)28(18-24-14-6-7-17-27(24)33)35-31(38)23-12-4-3-5-13-23/h3-19H,20H2,1-2H3,(H,34,39)(H,35,38)(H,36,37)/b28-18+. The molecule has 0 atom stereocenters. The van der Waals surface area contributed by atoms with Gasteiger partial charge in [0.25, 0.3) is 11.8 Å². The van der Waals surface area contributed by atoms with E-state index in [9.17, 15) is 14.4 Å². The van der Waals surface area contributed by atoms with Crippen LogP contribution in [0.1, 0.15) is 27.0 Å². The average molecular weight is 570 g/mol. The molecular weight excluding hydrogens is 542 g/mol. The summed E-state index contributed by atoms with van der Waals surface area (Å²) < 4.78 is 0. The van der Waals surface area contributed by atoms with E-state index in [1.54, 1.807) is 66.7 Å². The van der Waals surface area contributed by atoms with Crippen molar-refractivity contribution in [2.75, 3.05) is 16.4 Å². The molecule has 0 spiro atoms. The Balaban J connectivity index is 1.46. The van der Waals surface area contributed by atoms with Gasteiger partial charge in [0.15, 0.2) is 0 Å². The summed E-state index contributed by atoms with van der Waals surface area (Å²) in [5.41, 5.74) is 4.38. The van der Waals surface area contributed by atoms with Crippen molar-refractivity contribution in [3.63, 3.8) is 0 Å². The van der Waals surface area contributed by atoms with Gasteiger partial charge in [-0.2, -0.15) is 0 Å². The number of carbonyl (C=O) groups excluding carboxylic acids is 3. The van der Waals surface area contributed by atoms with Crippen molar-refractivity contribution in [2.24, 2.45) is 0 Å². The Morgan fingerprint density at radius 3 is 2.20 bits per heavy atom. The fourth-order valence-corrected chi connectivity index (χ4v) is 4.83. The van der Waals surface area contributed by atoms with Gasteiger partial charge in [-0.1, -0.05) is 72.3 Å². The van der Waals surface area contributed by atoms with E-state index in [0.717, 1.165) is 21.7 Å². The molecule has 0 radical (unpaired) electrons. The van der Waals surface area contributed by atoms with Gasteiger partial charge in [0.05, 0.1) is 5.75 Å². The van der Waals surface area contributed by atoms with Crippen LogP contribution in [0.3, 0.4) is 0 Å². The Morgan fingerprint density at radius 2 is 1.48 bits per heavy atom. The third kappa shape index (κ3) is 7.85. The van der Waals surface area contributed by atoms with E-state index in [4.69, 9.17) is 11.6 Å². The van der Waals surface area contributed by atoms with Crippen molar-refractivity contribution < 1.29 is 14.4 Å². The van der Waals surface area contributed by atoms with Crippen molar-refractivity contribution in [1.82, 2.24) is 5.32 Å². The van der Waals surface area contributed by atoms with Crippen LogP contribution in [-0.2, 0) is 9.59 Å². The van der Waals surface area contributed by atoms with Crippen molar-refractivity contribution in [3.8, 4) is 0 Å². The van der Waals surface area contributed by atoms with Crippen molar-refractivity contribution >= 4 is 58.5 Å². The number of hydrogen-bond acceptors (Lipinski definition) is 4. The molecule has 4 aromatic carbocycles. The molecule has 0 aliphatic heterocycles. The molecule has 0 aromatic heterocycles. The van der Waals surface area contributed by atoms with Crippen molar-refractivity contribution in [1.29, 1.82) is 0 Å². The van der Waals surface area contributed by atoms with Gasteiger partial charge in [-0.15, -0.1) is 11.8 Å². The lowest BCUT2D eigenvalue weighted by atomic mass is 10.1. The SMILES string of the molecule is Cc1cccc(C)c1NC(=O)CSc1cccc(NC(=O)/C(=C\c2ccccc2Cl)NC(=O)c2ccccc2)c1. The minimum atomic E-state index is -0.515. The Hall–Kier alpha value is -4.33. The lowest BCUT2D eigenvalue weighted by molar-refractivity contribution is -0.114. The summed E-state index contributed by atoms with van der Waals surface area (Å²) in [6.07, 6.45) is 1.54. The minimum absolute atomic E-state index is 0.0352. The van der Waals surface area contributed by atoms with E-state index in [1.165, 1.54) is 17.8 Å². The first-order valence-corrected chi connectivity index (χ1v) is 13.9. The van der Waals surface area contributed by atoms with Crippen LogP contribution >= 0.6 is 23.4 Å². The fourth-order valence-electron chi connectivity index (χ4n) is 3.89. The van der Waals surface area contributed by atoms with E-state index < -0.39 is 11.8 Å². The number of amides is 3. The molecule has 3 amide bonds. The summed E-state index contributed by atoms with van der Waals surface area (Å²) >= 11 is 7.67. The van der Waals surface area contributed by atoms with E-state index in [2.05, 4.69) is 16.0 Å². The van der Waals surface area contributed by atoms with Crippen LogP contribution in [0.5, 0.6) is 0 Å². The number of hydrogen-bond donors (Lipinski definition) is 3. The van der Waals surface area contributed by atoms with Crippen molar-refractivity contribution in [2.45, 2.75) is 18.7 Å². The summed E-state index contributed by atoms with van der Waals surface area (Å²) in [6, 6.07) is 28.7. The number of nitrogens with one attached hydrogen (secondary N) is 3. The molecule has 0 fully saturated rings. The van der Waals surface area contributed by atoms with E-state index in [1.807, 2.05) is 44.2 Å². The second-order valence-corrected chi connectivity index (χ2v) is 10.4. The first kappa shape index (κ1) is 28.7. The van der Waals surface area contributed by atoms with Crippen LogP contribution in [0, 0.1) is 13.8 Å². The predicted octanol–water partition coefficient (Wildman–Crippen LogP) is 7.10. The van der Waals surface area contributed by atoms with Gasteiger partial charge in [-0.05, 0) is 73.0 Å². The third-order valence-corrected chi connectivity index (χ3v) is 7.28. The summed E-state index contributed by atoms with van der Waals surface area (Å²) in [7, 11) is 0. The van der Waals surface area contributed by atoms with Gasteiger partial charge in [0.2, 0.25) is 5.91 Å². The van der Waals surface area contributed by atoms with E-state index >= 15 is 0 Å². The Bertz CT molecular complexity index is 1550. The minimum Gasteiger partial charge on any atom is -0.325 e. The Kier molecular flexibility index (Phi) is 9.78. The molecule has 4 rings (SSSR count).